The molecule has 0 radical (unpaired) electrons. The van der Waals surface area contributed by atoms with E-state index in [1.807, 2.05) is 48.5 Å². The smallest absolute Gasteiger partial charge is 0.325 e. The third-order valence-corrected chi connectivity index (χ3v) is 6.97. The Kier molecular flexibility index (Phi) is 5.53. The molecule has 37 heavy (non-hydrogen) atoms. The van der Waals surface area contributed by atoms with E-state index in [-0.39, 0.29) is 0 Å². The average molecular weight is 499 g/mol. The molecule has 2 aliphatic heterocycles. The third-order valence-electron chi connectivity index (χ3n) is 6.97. The molecule has 10 heteroatoms. The van der Waals surface area contributed by atoms with Crippen molar-refractivity contribution in [1.82, 2.24) is 20.2 Å². The maximum absolute atomic E-state index is 13.3. The molecule has 3 aromatic carbocycles. The topological polar surface area (TPSA) is 120 Å². The molecule has 4 aromatic rings. The first-order valence-electron chi connectivity index (χ1n) is 12.2. The average Bonchev–Trinajstić information content (AvgIpc) is 3.43. The summed E-state index contributed by atoms with van der Waals surface area (Å²) in [6.45, 7) is 4.09. The lowest BCUT2D eigenvalue weighted by molar-refractivity contribution is -0.133. The van der Waals surface area contributed by atoms with Crippen molar-refractivity contribution in [3.8, 4) is 0 Å². The van der Waals surface area contributed by atoms with Gasteiger partial charge in [0.15, 0.2) is 0 Å². The minimum atomic E-state index is -1.26. The molecule has 0 spiro atoms. The molecule has 1 atom stereocenters. The second-order valence-corrected chi connectivity index (χ2v) is 9.45. The van der Waals surface area contributed by atoms with Crippen molar-refractivity contribution in [3.05, 3.63) is 66.2 Å². The van der Waals surface area contributed by atoms with Crippen LogP contribution in [0.2, 0.25) is 0 Å². The zero-order chi connectivity index (χ0) is 25.6. The van der Waals surface area contributed by atoms with E-state index in [9.17, 15) is 14.4 Å². The van der Waals surface area contributed by atoms with Gasteiger partial charge in [0.25, 0.3) is 5.91 Å². The van der Waals surface area contributed by atoms with E-state index in [0.29, 0.717) is 24.5 Å². The maximum Gasteiger partial charge on any atom is 0.325 e. The molecule has 3 N–H and O–H groups in total. The van der Waals surface area contributed by atoms with E-state index in [2.05, 4.69) is 25.5 Å². The first kappa shape index (κ1) is 23.0. The van der Waals surface area contributed by atoms with Gasteiger partial charge in [0, 0.05) is 18.8 Å². The van der Waals surface area contributed by atoms with Gasteiger partial charge in [0.05, 0.1) is 24.2 Å². The first-order chi connectivity index (χ1) is 17.9. The number of amides is 4. The summed E-state index contributed by atoms with van der Waals surface area (Å²) in [5, 5.41) is 7.56. The standard InChI is InChI=1S/C27H26N6O4/c1-27(19-7-6-17-4-2-3-5-18(17)14-19)24(35)33(26(36)31-27)16-23(34)28-20-8-9-21-22(15-20)30-25(29-21)32-10-12-37-13-11-32/h2-9,14-15H,10-13,16H2,1H3,(H,28,34)(H,29,30)(H,31,36). The molecule has 2 fully saturated rings. The Labute approximate surface area is 212 Å². The molecule has 10 nitrogen and oxygen atoms in total. The molecule has 188 valence electrons. The number of carbonyl (C=O) groups is 3. The van der Waals surface area contributed by atoms with Gasteiger partial charge in [-0.1, -0.05) is 36.4 Å². The summed E-state index contributed by atoms with van der Waals surface area (Å²) in [5.74, 6) is -0.185. The van der Waals surface area contributed by atoms with Gasteiger partial charge in [-0.15, -0.1) is 0 Å². The van der Waals surface area contributed by atoms with Crippen molar-refractivity contribution < 1.29 is 19.1 Å². The van der Waals surface area contributed by atoms with Crippen LogP contribution in [0.1, 0.15) is 12.5 Å². The molecule has 2 aliphatic rings. The van der Waals surface area contributed by atoms with E-state index in [4.69, 9.17) is 4.74 Å². The van der Waals surface area contributed by atoms with E-state index >= 15 is 0 Å². The number of H-pyrrole nitrogens is 1. The summed E-state index contributed by atoms with van der Waals surface area (Å²) < 4.78 is 5.40. The van der Waals surface area contributed by atoms with Gasteiger partial charge in [0.1, 0.15) is 12.1 Å². The molecule has 6 rings (SSSR count). The monoisotopic (exact) mass is 498 g/mol. The van der Waals surface area contributed by atoms with Gasteiger partial charge in [-0.25, -0.2) is 9.78 Å². The number of carbonyl (C=O) groups excluding carboxylic acids is 3. The fraction of sp³-hybridized carbons (Fsp3) is 0.259. The Morgan fingerprint density at radius 3 is 2.65 bits per heavy atom. The predicted octanol–water partition coefficient (Wildman–Crippen LogP) is 2.96. The van der Waals surface area contributed by atoms with E-state index < -0.39 is 29.9 Å². The summed E-state index contributed by atoms with van der Waals surface area (Å²) in [5.41, 5.74) is 1.50. The molecule has 1 aromatic heterocycles. The number of ether oxygens (including phenoxy) is 1. The predicted molar refractivity (Wildman–Crippen MR) is 139 cm³/mol. The maximum atomic E-state index is 13.3. The van der Waals surface area contributed by atoms with Crippen molar-refractivity contribution in [2.75, 3.05) is 43.1 Å². The van der Waals surface area contributed by atoms with Crippen LogP contribution in [0.3, 0.4) is 0 Å². The number of hydrogen-bond donors (Lipinski definition) is 3. The number of morpholine rings is 1. The molecular formula is C27H26N6O4. The molecule has 4 amide bonds. The highest BCUT2D eigenvalue weighted by molar-refractivity contribution is 6.10. The minimum absolute atomic E-state index is 0.395. The fourth-order valence-electron chi connectivity index (χ4n) is 4.88. The Hall–Kier alpha value is -4.44. The normalized spacial score (nSPS) is 20.0. The molecule has 2 saturated heterocycles. The number of nitrogens with zero attached hydrogens (tertiary/aromatic N) is 3. The van der Waals surface area contributed by atoms with E-state index in [0.717, 1.165) is 45.7 Å². The largest absolute Gasteiger partial charge is 0.378 e. The number of imide groups is 1. The van der Waals surface area contributed by atoms with Crippen LogP contribution < -0.4 is 15.5 Å². The van der Waals surface area contributed by atoms with Crippen molar-refractivity contribution in [2.45, 2.75) is 12.5 Å². The number of anilines is 2. The zero-order valence-corrected chi connectivity index (χ0v) is 20.3. The van der Waals surface area contributed by atoms with Crippen LogP contribution in [0, 0.1) is 0 Å². The summed E-state index contributed by atoms with van der Waals surface area (Å²) in [6.07, 6.45) is 0. The highest BCUT2D eigenvalue weighted by Gasteiger charge is 2.49. The lowest BCUT2D eigenvalue weighted by Gasteiger charge is -2.26. The lowest BCUT2D eigenvalue weighted by Crippen LogP contribution is -2.42. The molecular weight excluding hydrogens is 472 g/mol. The second kappa shape index (κ2) is 8.90. The van der Waals surface area contributed by atoms with Crippen LogP contribution in [0.5, 0.6) is 0 Å². The van der Waals surface area contributed by atoms with Crippen LogP contribution in [0.15, 0.2) is 60.7 Å². The quantitative estimate of drug-likeness (QED) is 0.364. The number of urea groups is 1. The van der Waals surface area contributed by atoms with Crippen molar-refractivity contribution in [3.63, 3.8) is 0 Å². The van der Waals surface area contributed by atoms with Crippen molar-refractivity contribution >= 4 is 51.3 Å². The van der Waals surface area contributed by atoms with Crippen LogP contribution in [0.4, 0.5) is 16.4 Å². The van der Waals surface area contributed by atoms with Gasteiger partial charge in [-0.05, 0) is 47.5 Å². The minimum Gasteiger partial charge on any atom is -0.378 e. The van der Waals surface area contributed by atoms with Gasteiger partial charge in [0.2, 0.25) is 11.9 Å². The molecule has 3 heterocycles. The van der Waals surface area contributed by atoms with E-state index in [1.165, 1.54) is 0 Å². The summed E-state index contributed by atoms with van der Waals surface area (Å²) in [4.78, 5) is 49.9. The fourth-order valence-corrected chi connectivity index (χ4v) is 4.88. The number of aromatic amines is 1. The third kappa shape index (κ3) is 4.15. The van der Waals surface area contributed by atoms with Crippen molar-refractivity contribution in [2.24, 2.45) is 0 Å². The van der Waals surface area contributed by atoms with Crippen LogP contribution in [-0.4, -0.2) is 65.6 Å². The summed E-state index contributed by atoms with van der Waals surface area (Å²) >= 11 is 0. The first-order valence-corrected chi connectivity index (χ1v) is 12.2. The summed E-state index contributed by atoms with van der Waals surface area (Å²) in [7, 11) is 0. The number of nitrogens with one attached hydrogen (secondary N) is 3. The number of hydrogen-bond acceptors (Lipinski definition) is 6. The molecule has 1 unspecified atom stereocenters. The van der Waals surface area contributed by atoms with Gasteiger partial charge in [-0.2, -0.15) is 0 Å². The van der Waals surface area contributed by atoms with E-state index in [1.54, 1.807) is 19.1 Å². The summed E-state index contributed by atoms with van der Waals surface area (Å²) in [6, 6.07) is 18.2. The highest BCUT2D eigenvalue weighted by Crippen LogP contribution is 2.31. The van der Waals surface area contributed by atoms with Crippen LogP contribution in [0.25, 0.3) is 21.8 Å². The number of imidazole rings is 1. The second-order valence-electron chi connectivity index (χ2n) is 9.45. The van der Waals surface area contributed by atoms with Crippen LogP contribution >= 0.6 is 0 Å². The SMILES string of the molecule is CC1(c2ccc3ccccc3c2)NC(=O)N(CC(=O)Nc2ccc3nc(N4CCOCC4)[nH]c3c2)C1=O. The van der Waals surface area contributed by atoms with Gasteiger partial charge < -0.3 is 25.3 Å². The number of fused-ring (bicyclic) bond motifs is 2. The van der Waals surface area contributed by atoms with Gasteiger partial charge >= 0.3 is 6.03 Å². The number of aromatic nitrogens is 2. The Morgan fingerprint density at radius 2 is 1.84 bits per heavy atom. The Bertz CT molecular complexity index is 1540. The van der Waals surface area contributed by atoms with Crippen LogP contribution in [-0.2, 0) is 19.9 Å². The zero-order valence-electron chi connectivity index (χ0n) is 20.3. The highest BCUT2D eigenvalue weighted by atomic mass is 16.5. The number of rotatable bonds is 5. The number of benzene rings is 3. The van der Waals surface area contributed by atoms with Gasteiger partial charge in [-0.3, -0.25) is 14.5 Å². The molecule has 0 saturated carbocycles. The Balaban J connectivity index is 1.16. The lowest BCUT2D eigenvalue weighted by atomic mass is 9.90. The molecule has 0 aliphatic carbocycles. The Morgan fingerprint density at radius 1 is 1.05 bits per heavy atom. The molecule has 0 bridgehead atoms. The van der Waals surface area contributed by atoms with Crippen molar-refractivity contribution in [1.29, 1.82) is 0 Å².